The number of nitrogens with zero attached hydrogens (tertiary/aromatic N) is 1. The highest BCUT2D eigenvalue weighted by Gasteiger charge is 2.23. The van der Waals surface area contributed by atoms with E-state index in [0.29, 0.717) is 11.0 Å². The van der Waals surface area contributed by atoms with E-state index >= 15 is 0 Å². The van der Waals surface area contributed by atoms with Gasteiger partial charge in [0.2, 0.25) is 0 Å². The third-order valence-corrected chi connectivity index (χ3v) is 3.61. The number of quaternary nitrogens is 1. The van der Waals surface area contributed by atoms with E-state index in [9.17, 15) is 9.59 Å². The van der Waals surface area contributed by atoms with Crippen molar-refractivity contribution in [1.82, 2.24) is 0 Å². The summed E-state index contributed by atoms with van der Waals surface area (Å²) in [5.74, 6) is -1.49. The Morgan fingerprint density at radius 2 is 1.65 bits per heavy atom. The molecular formula is C21H36NO4+. The smallest absolute Gasteiger partial charge is 0.331 e. The number of carbonyl (C=O) groups is 2. The summed E-state index contributed by atoms with van der Waals surface area (Å²) in [6.07, 6.45) is 17.3. The van der Waals surface area contributed by atoms with Crippen LogP contribution in [0.2, 0.25) is 0 Å². The second kappa shape index (κ2) is 14.3. The van der Waals surface area contributed by atoms with Gasteiger partial charge in [-0.05, 0) is 12.8 Å². The van der Waals surface area contributed by atoms with Crippen LogP contribution < -0.4 is 0 Å². The van der Waals surface area contributed by atoms with E-state index < -0.39 is 18.0 Å². The van der Waals surface area contributed by atoms with Gasteiger partial charge < -0.3 is 14.3 Å². The summed E-state index contributed by atoms with van der Waals surface area (Å²) >= 11 is 0. The van der Waals surface area contributed by atoms with Gasteiger partial charge in [0.25, 0.3) is 0 Å². The Hall–Kier alpha value is -1.88. The quantitative estimate of drug-likeness (QED) is 0.165. The van der Waals surface area contributed by atoms with Crippen LogP contribution in [0.4, 0.5) is 0 Å². The summed E-state index contributed by atoms with van der Waals surface area (Å²) in [4.78, 5) is 22.7. The number of hydrogen-bond acceptors (Lipinski definition) is 3. The summed E-state index contributed by atoms with van der Waals surface area (Å²) in [5, 5.41) is 8.94. The third-order valence-electron chi connectivity index (χ3n) is 3.61. The summed E-state index contributed by atoms with van der Waals surface area (Å²) < 4.78 is 5.78. The summed E-state index contributed by atoms with van der Waals surface area (Å²) in [7, 11) is 5.78. The van der Waals surface area contributed by atoms with Gasteiger partial charge in [-0.15, -0.1) is 0 Å². The molecule has 0 saturated heterocycles. The van der Waals surface area contributed by atoms with Gasteiger partial charge in [0.1, 0.15) is 6.54 Å². The lowest BCUT2D eigenvalue weighted by Crippen LogP contribution is -2.43. The van der Waals surface area contributed by atoms with Crippen LogP contribution in [0.1, 0.15) is 51.9 Å². The molecule has 5 heteroatoms. The first kappa shape index (κ1) is 24.1. The fraction of sp³-hybridized carbons (Fsp3) is 0.619. The van der Waals surface area contributed by atoms with E-state index in [1.807, 2.05) is 33.3 Å². The Kier molecular flexibility index (Phi) is 13.3. The molecule has 0 aromatic carbocycles. The molecule has 0 bridgehead atoms. The van der Waals surface area contributed by atoms with Gasteiger partial charge in [-0.1, -0.05) is 63.0 Å². The molecule has 0 aromatic heterocycles. The van der Waals surface area contributed by atoms with E-state index in [0.717, 1.165) is 6.42 Å². The standard InChI is InChI=1S/C21H35NO4/c1-5-6-7-8-9-10-11-12-13-14-15-16-21(25)26-19(17-20(23)24)18-22(2,3)4/h11-16,19H,5-10,17-18H2,1-4H3/p+1/b12-11+,14-13+,16-15+. The number of carbonyl (C=O) groups excluding carboxylic acids is 1. The predicted octanol–water partition coefficient (Wildman–Crippen LogP) is 4.11. The molecular weight excluding hydrogens is 330 g/mol. The molecule has 0 aliphatic heterocycles. The highest BCUT2D eigenvalue weighted by molar-refractivity contribution is 5.82. The third kappa shape index (κ3) is 17.0. The number of rotatable bonds is 14. The van der Waals surface area contributed by atoms with E-state index in [-0.39, 0.29) is 6.42 Å². The minimum absolute atomic E-state index is 0.189. The SMILES string of the molecule is CCCCCCC/C=C/C=C/C=C/C(=O)OC(CC(=O)O)C[N+](C)(C)C. The molecule has 0 aromatic rings. The normalized spacial score (nSPS) is 13.7. The second-order valence-corrected chi connectivity index (χ2v) is 7.50. The van der Waals surface area contributed by atoms with Gasteiger partial charge in [0, 0.05) is 6.08 Å². The van der Waals surface area contributed by atoms with Crippen LogP contribution in [0.15, 0.2) is 36.5 Å². The van der Waals surface area contributed by atoms with Crippen molar-refractivity contribution in [1.29, 1.82) is 0 Å². The van der Waals surface area contributed by atoms with Crippen LogP contribution >= 0.6 is 0 Å². The van der Waals surface area contributed by atoms with Crippen LogP contribution in [-0.2, 0) is 14.3 Å². The molecule has 0 fully saturated rings. The Balaban J connectivity index is 4.16. The second-order valence-electron chi connectivity index (χ2n) is 7.50. The van der Waals surface area contributed by atoms with Gasteiger partial charge in [0.15, 0.2) is 6.10 Å². The number of hydrogen-bond donors (Lipinski definition) is 1. The number of aliphatic carboxylic acids is 1. The largest absolute Gasteiger partial charge is 0.481 e. The lowest BCUT2D eigenvalue weighted by Gasteiger charge is -2.28. The first-order valence-electron chi connectivity index (χ1n) is 9.47. The zero-order chi connectivity index (χ0) is 19.8. The molecule has 1 unspecified atom stereocenters. The topological polar surface area (TPSA) is 63.6 Å². The molecule has 0 saturated carbocycles. The van der Waals surface area contributed by atoms with Crippen molar-refractivity contribution in [3.63, 3.8) is 0 Å². The number of carboxylic acids is 1. The molecule has 148 valence electrons. The molecule has 0 amide bonds. The zero-order valence-corrected chi connectivity index (χ0v) is 16.8. The maximum absolute atomic E-state index is 11.8. The minimum atomic E-state index is -0.972. The predicted molar refractivity (Wildman–Crippen MR) is 106 cm³/mol. The lowest BCUT2D eigenvalue weighted by atomic mass is 10.1. The number of carboxylic acid groups (broad SMARTS) is 1. The highest BCUT2D eigenvalue weighted by Crippen LogP contribution is 2.06. The first-order valence-corrected chi connectivity index (χ1v) is 9.47. The molecule has 0 aliphatic carbocycles. The fourth-order valence-corrected chi connectivity index (χ4v) is 2.46. The van der Waals surface area contributed by atoms with Crippen LogP contribution in [0.3, 0.4) is 0 Å². The monoisotopic (exact) mass is 366 g/mol. The van der Waals surface area contributed by atoms with E-state index in [1.165, 1.54) is 38.2 Å². The van der Waals surface area contributed by atoms with Gasteiger partial charge in [0.05, 0.1) is 27.6 Å². The molecule has 5 nitrogen and oxygen atoms in total. The summed E-state index contributed by atoms with van der Waals surface area (Å²) in [6, 6.07) is 0. The van der Waals surface area contributed by atoms with Gasteiger partial charge in [-0.25, -0.2) is 4.79 Å². The summed E-state index contributed by atoms with van der Waals surface area (Å²) in [6.45, 7) is 2.66. The average Bonchev–Trinajstić information content (AvgIpc) is 2.50. The Bertz CT molecular complexity index is 487. The van der Waals surface area contributed by atoms with Gasteiger partial charge in [-0.3, -0.25) is 4.79 Å². The van der Waals surface area contributed by atoms with Crippen LogP contribution in [0, 0.1) is 0 Å². The van der Waals surface area contributed by atoms with Crippen molar-refractivity contribution in [2.75, 3.05) is 27.7 Å². The molecule has 1 atom stereocenters. The summed E-state index contributed by atoms with van der Waals surface area (Å²) in [5.41, 5.74) is 0. The van der Waals surface area contributed by atoms with E-state index in [1.54, 1.807) is 12.2 Å². The molecule has 0 heterocycles. The molecule has 0 rings (SSSR count). The van der Waals surface area contributed by atoms with Crippen LogP contribution in [0.5, 0.6) is 0 Å². The van der Waals surface area contributed by atoms with Crippen LogP contribution in [-0.4, -0.2) is 55.3 Å². The number of esters is 1. The number of ether oxygens (including phenoxy) is 1. The Morgan fingerprint density at radius 3 is 2.27 bits per heavy atom. The number of likely N-dealkylation sites (N-methyl/N-ethyl adjacent to an activating group) is 1. The highest BCUT2D eigenvalue weighted by atomic mass is 16.5. The molecule has 26 heavy (non-hydrogen) atoms. The zero-order valence-electron chi connectivity index (χ0n) is 16.8. The molecule has 0 aliphatic rings. The average molecular weight is 367 g/mol. The Morgan fingerprint density at radius 1 is 1.00 bits per heavy atom. The van der Waals surface area contributed by atoms with Crippen molar-refractivity contribution in [3.05, 3.63) is 36.5 Å². The Labute approximate surface area is 158 Å². The van der Waals surface area contributed by atoms with Crippen molar-refractivity contribution < 1.29 is 23.9 Å². The first-order chi connectivity index (χ1) is 12.2. The van der Waals surface area contributed by atoms with Crippen molar-refractivity contribution in [2.24, 2.45) is 0 Å². The van der Waals surface area contributed by atoms with E-state index in [2.05, 4.69) is 13.0 Å². The minimum Gasteiger partial charge on any atom is -0.481 e. The maximum atomic E-state index is 11.8. The fourth-order valence-electron chi connectivity index (χ4n) is 2.46. The van der Waals surface area contributed by atoms with Crippen LogP contribution in [0.25, 0.3) is 0 Å². The maximum Gasteiger partial charge on any atom is 0.331 e. The number of unbranched alkanes of at least 4 members (excludes halogenated alkanes) is 5. The number of allylic oxidation sites excluding steroid dienone is 5. The van der Waals surface area contributed by atoms with E-state index in [4.69, 9.17) is 9.84 Å². The lowest BCUT2D eigenvalue weighted by molar-refractivity contribution is -0.873. The van der Waals surface area contributed by atoms with Crippen molar-refractivity contribution >= 4 is 11.9 Å². The van der Waals surface area contributed by atoms with Gasteiger partial charge in [-0.2, -0.15) is 0 Å². The molecule has 0 spiro atoms. The molecule has 0 radical (unpaired) electrons. The molecule has 1 N–H and O–H groups in total. The van der Waals surface area contributed by atoms with Crippen molar-refractivity contribution in [2.45, 2.75) is 58.0 Å². The van der Waals surface area contributed by atoms with Crippen molar-refractivity contribution in [3.8, 4) is 0 Å². The van der Waals surface area contributed by atoms with Gasteiger partial charge >= 0.3 is 11.9 Å².